The van der Waals surface area contributed by atoms with E-state index in [-0.39, 0.29) is 0 Å². The van der Waals surface area contributed by atoms with Crippen molar-refractivity contribution >= 4 is 48.9 Å². The van der Waals surface area contributed by atoms with E-state index in [0.717, 1.165) is 11.1 Å². The highest BCUT2D eigenvalue weighted by Crippen LogP contribution is 2.42. The lowest BCUT2D eigenvalue weighted by atomic mass is 9.96. The van der Waals surface area contributed by atoms with Crippen molar-refractivity contribution in [2.75, 3.05) is 0 Å². The van der Waals surface area contributed by atoms with E-state index in [0.29, 0.717) is 5.56 Å². The fourth-order valence-corrected chi connectivity index (χ4v) is 5.42. The number of fused-ring (bicyclic) bond motifs is 8. The molecule has 7 rings (SSSR count). The Morgan fingerprint density at radius 1 is 0.688 bits per heavy atom. The second-order valence-electron chi connectivity index (χ2n) is 8.59. The summed E-state index contributed by atoms with van der Waals surface area (Å²) in [5.74, 6) is 0. The molecule has 0 N–H and O–H groups in total. The first-order valence-corrected chi connectivity index (χ1v) is 10.9. The van der Waals surface area contributed by atoms with E-state index in [9.17, 15) is 5.26 Å². The molecule has 7 aromatic rings. The number of rotatable bonds is 1. The minimum atomic E-state index is 0.692. The largest absolute Gasteiger partial charge is 0.308 e. The van der Waals surface area contributed by atoms with Crippen molar-refractivity contribution in [3.8, 4) is 17.2 Å². The Kier molecular flexibility index (Phi) is 3.30. The van der Waals surface area contributed by atoms with Gasteiger partial charge < -0.3 is 4.40 Å². The van der Waals surface area contributed by atoms with Crippen LogP contribution < -0.4 is 0 Å². The zero-order valence-electron chi connectivity index (χ0n) is 17.6. The summed E-state index contributed by atoms with van der Waals surface area (Å²) in [7, 11) is 0. The maximum atomic E-state index is 9.37. The van der Waals surface area contributed by atoms with Crippen LogP contribution in [0.4, 0.5) is 0 Å². The molecule has 0 aliphatic heterocycles. The minimum Gasteiger partial charge on any atom is -0.308 e. The molecular formula is C30H18N2. The molecule has 0 bridgehead atoms. The summed E-state index contributed by atoms with van der Waals surface area (Å²) in [6.45, 7) is 2.10. The van der Waals surface area contributed by atoms with E-state index < -0.39 is 0 Å². The number of hydrogen-bond acceptors (Lipinski definition) is 1. The molecule has 0 atom stereocenters. The van der Waals surface area contributed by atoms with Gasteiger partial charge in [-0.15, -0.1) is 0 Å². The lowest BCUT2D eigenvalue weighted by Crippen LogP contribution is -1.86. The molecule has 0 amide bonds. The Morgan fingerprint density at radius 3 is 2.41 bits per heavy atom. The highest BCUT2D eigenvalue weighted by Gasteiger charge is 2.19. The van der Waals surface area contributed by atoms with Gasteiger partial charge >= 0.3 is 0 Å². The molecule has 2 nitrogen and oxygen atoms in total. The van der Waals surface area contributed by atoms with Crippen molar-refractivity contribution in [3.63, 3.8) is 0 Å². The SMILES string of the molecule is Cc1ccc(C#N)cc1-c1ccc2c(c1)c1cccc3c4c5ccccc5ccc4n2c13. The van der Waals surface area contributed by atoms with Gasteiger partial charge in [-0.1, -0.05) is 60.7 Å². The first kappa shape index (κ1) is 17.3. The molecule has 2 aromatic heterocycles. The van der Waals surface area contributed by atoms with Gasteiger partial charge in [-0.3, -0.25) is 0 Å². The monoisotopic (exact) mass is 406 g/mol. The smallest absolute Gasteiger partial charge is 0.0991 e. The summed E-state index contributed by atoms with van der Waals surface area (Å²) >= 11 is 0. The van der Waals surface area contributed by atoms with Gasteiger partial charge in [0.1, 0.15) is 0 Å². The Bertz CT molecular complexity index is 1900. The minimum absolute atomic E-state index is 0.692. The van der Waals surface area contributed by atoms with Gasteiger partial charge in [0.15, 0.2) is 0 Å². The second kappa shape index (κ2) is 6.09. The van der Waals surface area contributed by atoms with Crippen molar-refractivity contribution in [1.29, 1.82) is 5.26 Å². The number of nitriles is 1. The third-order valence-electron chi connectivity index (χ3n) is 6.88. The van der Waals surface area contributed by atoms with Crippen LogP contribution in [-0.2, 0) is 0 Å². The van der Waals surface area contributed by atoms with E-state index in [1.807, 2.05) is 18.2 Å². The summed E-state index contributed by atoms with van der Waals surface area (Å²) in [5, 5.41) is 17.1. The summed E-state index contributed by atoms with van der Waals surface area (Å²) in [4.78, 5) is 0. The normalized spacial score (nSPS) is 11.9. The lowest BCUT2D eigenvalue weighted by molar-refractivity contribution is 1.37. The molecule has 0 radical (unpaired) electrons. The number of para-hydroxylation sites is 1. The number of benzene rings is 5. The van der Waals surface area contributed by atoms with E-state index in [2.05, 4.69) is 90.2 Å². The quantitative estimate of drug-likeness (QED) is 0.273. The molecule has 0 saturated carbocycles. The Labute approximate surface area is 184 Å². The summed E-state index contributed by atoms with van der Waals surface area (Å²) in [6, 6.07) is 34.7. The number of hydrogen-bond donors (Lipinski definition) is 0. The van der Waals surface area contributed by atoms with Gasteiger partial charge in [0, 0.05) is 21.5 Å². The van der Waals surface area contributed by atoms with Crippen LogP contribution in [-0.4, -0.2) is 4.40 Å². The molecule has 0 aliphatic carbocycles. The molecule has 0 spiro atoms. The van der Waals surface area contributed by atoms with Crippen LogP contribution in [0.15, 0.2) is 91.0 Å². The predicted octanol–water partition coefficient (Wildman–Crippen LogP) is 7.84. The maximum absolute atomic E-state index is 9.37. The van der Waals surface area contributed by atoms with E-state index in [1.165, 1.54) is 54.4 Å². The average Bonchev–Trinajstić information content (AvgIpc) is 3.36. The third-order valence-corrected chi connectivity index (χ3v) is 6.88. The Morgan fingerprint density at radius 2 is 1.50 bits per heavy atom. The van der Waals surface area contributed by atoms with E-state index in [4.69, 9.17) is 0 Å². The molecular weight excluding hydrogens is 388 g/mol. The standard InChI is InChI=1S/C30H18N2/c1-18-9-10-19(17-31)15-25(18)21-12-13-27-26(16-21)23-7-4-8-24-29-22-6-3-2-5-20(22)11-14-28(29)32(27)30(23)24/h2-16H,1H3. The Balaban J connectivity index is 1.63. The zero-order valence-corrected chi connectivity index (χ0v) is 17.6. The lowest BCUT2D eigenvalue weighted by Gasteiger charge is -2.08. The molecule has 0 unspecified atom stereocenters. The van der Waals surface area contributed by atoms with Crippen molar-refractivity contribution < 1.29 is 0 Å². The van der Waals surface area contributed by atoms with Crippen molar-refractivity contribution in [1.82, 2.24) is 4.40 Å². The van der Waals surface area contributed by atoms with Crippen LogP contribution in [0.25, 0.3) is 60.0 Å². The molecule has 32 heavy (non-hydrogen) atoms. The molecule has 5 aromatic carbocycles. The fourth-order valence-electron chi connectivity index (χ4n) is 5.42. The second-order valence-corrected chi connectivity index (χ2v) is 8.59. The maximum Gasteiger partial charge on any atom is 0.0991 e. The predicted molar refractivity (Wildman–Crippen MR) is 133 cm³/mol. The first-order valence-electron chi connectivity index (χ1n) is 10.9. The molecule has 0 aliphatic rings. The van der Waals surface area contributed by atoms with Gasteiger partial charge in [-0.05, 0) is 64.7 Å². The topological polar surface area (TPSA) is 28.2 Å². The molecule has 148 valence electrons. The van der Waals surface area contributed by atoms with Gasteiger partial charge in [0.05, 0.1) is 28.2 Å². The van der Waals surface area contributed by atoms with Crippen molar-refractivity contribution in [2.45, 2.75) is 6.92 Å². The molecule has 2 heteroatoms. The van der Waals surface area contributed by atoms with Crippen LogP contribution >= 0.6 is 0 Å². The molecule has 0 saturated heterocycles. The van der Waals surface area contributed by atoms with E-state index in [1.54, 1.807) is 0 Å². The van der Waals surface area contributed by atoms with Crippen LogP contribution in [0.2, 0.25) is 0 Å². The highest BCUT2D eigenvalue weighted by molar-refractivity contribution is 6.28. The number of aryl methyl sites for hydroxylation is 1. The zero-order chi connectivity index (χ0) is 21.4. The van der Waals surface area contributed by atoms with Crippen molar-refractivity contribution in [2.24, 2.45) is 0 Å². The molecule has 0 fully saturated rings. The molecule has 2 heterocycles. The third kappa shape index (κ3) is 2.12. The Hall–Kier alpha value is -4.35. The van der Waals surface area contributed by atoms with Crippen LogP contribution in [0.5, 0.6) is 0 Å². The summed E-state index contributed by atoms with van der Waals surface area (Å²) in [6.07, 6.45) is 0. The first-order chi connectivity index (χ1) is 15.7. The highest BCUT2D eigenvalue weighted by atomic mass is 14.9. The average molecular weight is 406 g/mol. The number of nitrogens with zero attached hydrogens (tertiary/aromatic N) is 2. The van der Waals surface area contributed by atoms with Gasteiger partial charge in [0.2, 0.25) is 0 Å². The van der Waals surface area contributed by atoms with Crippen molar-refractivity contribution in [3.05, 3.63) is 102 Å². The van der Waals surface area contributed by atoms with Gasteiger partial charge in [-0.2, -0.15) is 5.26 Å². The number of aromatic nitrogens is 1. The van der Waals surface area contributed by atoms with Crippen LogP contribution in [0.3, 0.4) is 0 Å². The summed E-state index contributed by atoms with van der Waals surface area (Å²) in [5.41, 5.74) is 7.89. The van der Waals surface area contributed by atoms with Gasteiger partial charge in [0.25, 0.3) is 0 Å². The summed E-state index contributed by atoms with van der Waals surface area (Å²) < 4.78 is 2.42. The van der Waals surface area contributed by atoms with Gasteiger partial charge in [-0.25, -0.2) is 0 Å². The fraction of sp³-hybridized carbons (Fsp3) is 0.0333. The van der Waals surface area contributed by atoms with E-state index >= 15 is 0 Å². The van der Waals surface area contributed by atoms with Crippen LogP contribution in [0, 0.1) is 18.3 Å². The van der Waals surface area contributed by atoms with Crippen LogP contribution in [0.1, 0.15) is 11.1 Å².